The van der Waals surface area contributed by atoms with Crippen molar-refractivity contribution in [3.8, 4) is 0 Å². The second-order valence-electron chi connectivity index (χ2n) is 6.69. The van der Waals surface area contributed by atoms with Gasteiger partial charge in [0, 0.05) is 12.0 Å². The Morgan fingerprint density at radius 1 is 1.17 bits per heavy atom. The summed E-state index contributed by atoms with van der Waals surface area (Å²) in [5.74, 6) is -0.553. The first-order chi connectivity index (χ1) is 14.6. The van der Waals surface area contributed by atoms with Crippen molar-refractivity contribution < 1.29 is 28.8 Å². The Morgan fingerprint density at radius 3 is 2.47 bits per heavy atom. The fourth-order valence-corrected chi connectivity index (χ4v) is 3.19. The van der Waals surface area contributed by atoms with Crippen LogP contribution in [0.1, 0.15) is 15.9 Å². The number of carbonyl (C=O) groups is 1. The maximum atomic E-state index is 12.2. The molecule has 1 aliphatic rings. The van der Waals surface area contributed by atoms with Crippen molar-refractivity contribution in [3.05, 3.63) is 82.2 Å². The molecule has 0 amide bonds. The van der Waals surface area contributed by atoms with Crippen molar-refractivity contribution in [1.82, 2.24) is 0 Å². The number of azide groups is 1. The van der Waals surface area contributed by atoms with Gasteiger partial charge in [0.25, 0.3) is 0 Å². The summed E-state index contributed by atoms with van der Waals surface area (Å²) >= 11 is 0. The molecule has 0 saturated carbocycles. The molecule has 30 heavy (non-hydrogen) atoms. The van der Waals surface area contributed by atoms with Gasteiger partial charge in [0.2, 0.25) is 0 Å². The SMILES string of the molecule is CO[C@@H]1OC(COC(=O)c2ccccc2)[C@@H](O)[C@H](N=[N+]=[N-])C1OCc1ccccc1. The van der Waals surface area contributed by atoms with E-state index in [1.165, 1.54) is 7.11 Å². The fraction of sp³-hybridized carbons (Fsp3) is 0.381. The highest BCUT2D eigenvalue weighted by atomic mass is 16.7. The Morgan fingerprint density at radius 2 is 1.83 bits per heavy atom. The summed E-state index contributed by atoms with van der Waals surface area (Å²) in [7, 11) is 1.42. The number of esters is 1. The van der Waals surface area contributed by atoms with E-state index < -0.39 is 36.6 Å². The molecule has 9 nitrogen and oxygen atoms in total. The molecule has 1 fully saturated rings. The number of aliphatic hydroxyl groups is 1. The highest BCUT2D eigenvalue weighted by Gasteiger charge is 2.46. The first-order valence-electron chi connectivity index (χ1n) is 9.42. The van der Waals surface area contributed by atoms with Crippen molar-refractivity contribution in [3.63, 3.8) is 0 Å². The number of rotatable bonds is 8. The third kappa shape index (κ3) is 5.35. The van der Waals surface area contributed by atoms with E-state index in [2.05, 4.69) is 10.0 Å². The number of hydrogen-bond acceptors (Lipinski definition) is 7. The molecule has 158 valence electrons. The van der Waals surface area contributed by atoms with Crippen LogP contribution in [-0.2, 0) is 25.6 Å². The second kappa shape index (κ2) is 10.7. The number of carbonyl (C=O) groups excluding carboxylic acids is 1. The Hall–Kier alpha value is -2.94. The zero-order chi connectivity index (χ0) is 21.3. The molecule has 2 aromatic rings. The van der Waals surface area contributed by atoms with Crippen LogP contribution >= 0.6 is 0 Å². The molecule has 9 heteroatoms. The largest absolute Gasteiger partial charge is 0.459 e. The Kier molecular flexibility index (Phi) is 7.78. The number of methoxy groups -OCH3 is 1. The van der Waals surface area contributed by atoms with Crippen LogP contribution in [0.2, 0.25) is 0 Å². The minimum absolute atomic E-state index is 0.215. The predicted molar refractivity (Wildman–Crippen MR) is 106 cm³/mol. The van der Waals surface area contributed by atoms with Crippen molar-refractivity contribution in [2.75, 3.05) is 13.7 Å². The molecular weight excluding hydrogens is 390 g/mol. The third-order valence-corrected chi connectivity index (χ3v) is 4.74. The van der Waals surface area contributed by atoms with Gasteiger partial charge in [-0.2, -0.15) is 0 Å². The van der Waals surface area contributed by atoms with Crippen molar-refractivity contribution in [2.45, 2.75) is 37.3 Å². The monoisotopic (exact) mass is 413 g/mol. The van der Waals surface area contributed by atoms with Crippen LogP contribution in [0.5, 0.6) is 0 Å². The molecule has 5 atom stereocenters. The second-order valence-corrected chi connectivity index (χ2v) is 6.69. The average Bonchev–Trinajstić information content (AvgIpc) is 2.79. The first kappa shape index (κ1) is 21.8. The summed E-state index contributed by atoms with van der Waals surface area (Å²) in [6, 6.07) is 16.9. The average molecular weight is 413 g/mol. The van der Waals surface area contributed by atoms with Gasteiger partial charge in [-0.25, -0.2) is 4.79 Å². The van der Waals surface area contributed by atoms with Gasteiger partial charge in [-0.3, -0.25) is 0 Å². The Balaban J connectivity index is 1.68. The lowest BCUT2D eigenvalue weighted by molar-refractivity contribution is -0.279. The number of hydrogen-bond donors (Lipinski definition) is 1. The molecule has 1 N–H and O–H groups in total. The number of nitrogens with zero attached hydrogens (tertiary/aromatic N) is 3. The van der Waals surface area contributed by atoms with Crippen molar-refractivity contribution in [2.24, 2.45) is 5.11 Å². The summed E-state index contributed by atoms with van der Waals surface area (Å²) in [5, 5.41) is 14.4. The van der Waals surface area contributed by atoms with E-state index in [9.17, 15) is 9.90 Å². The highest BCUT2D eigenvalue weighted by molar-refractivity contribution is 5.89. The molecule has 1 aliphatic heterocycles. The smallest absolute Gasteiger partial charge is 0.338 e. The van der Waals surface area contributed by atoms with Gasteiger partial charge in [-0.1, -0.05) is 53.6 Å². The van der Waals surface area contributed by atoms with E-state index in [1.807, 2.05) is 30.3 Å². The van der Waals surface area contributed by atoms with Crippen LogP contribution in [0.25, 0.3) is 10.4 Å². The minimum atomic E-state index is -1.25. The van der Waals surface area contributed by atoms with E-state index in [0.29, 0.717) is 5.56 Å². The molecular formula is C21H23N3O6. The van der Waals surface area contributed by atoms with Crippen LogP contribution < -0.4 is 0 Å². The van der Waals surface area contributed by atoms with Crippen LogP contribution in [-0.4, -0.2) is 55.4 Å². The molecule has 3 rings (SSSR count). The van der Waals surface area contributed by atoms with Crippen LogP contribution in [0.3, 0.4) is 0 Å². The van der Waals surface area contributed by atoms with Gasteiger partial charge in [-0.05, 0) is 23.2 Å². The molecule has 0 bridgehead atoms. The predicted octanol–water partition coefficient (Wildman–Crippen LogP) is 2.84. The molecule has 2 aromatic carbocycles. The normalized spacial score (nSPS) is 25.9. The molecule has 1 heterocycles. The molecule has 0 aromatic heterocycles. The zero-order valence-electron chi connectivity index (χ0n) is 16.4. The van der Waals surface area contributed by atoms with Crippen molar-refractivity contribution in [1.29, 1.82) is 0 Å². The van der Waals surface area contributed by atoms with E-state index in [4.69, 9.17) is 24.5 Å². The molecule has 2 unspecified atom stereocenters. The van der Waals surface area contributed by atoms with E-state index >= 15 is 0 Å². The Bertz CT molecular complexity index is 860. The number of aliphatic hydroxyl groups excluding tert-OH is 1. The maximum absolute atomic E-state index is 12.2. The number of benzene rings is 2. The molecule has 0 spiro atoms. The summed E-state index contributed by atoms with van der Waals surface area (Å²) in [6.45, 7) is -0.0236. The Labute approximate surface area is 173 Å². The lowest BCUT2D eigenvalue weighted by atomic mass is 9.97. The van der Waals surface area contributed by atoms with Gasteiger partial charge >= 0.3 is 5.97 Å². The summed E-state index contributed by atoms with van der Waals surface area (Å²) in [6.07, 6.45) is -3.97. The van der Waals surface area contributed by atoms with Gasteiger partial charge in [-0.15, -0.1) is 0 Å². The zero-order valence-corrected chi connectivity index (χ0v) is 16.4. The van der Waals surface area contributed by atoms with E-state index in [0.717, 1.165) is 5.56 Å². The van der Waals surface area contributed by atoms with E-state index in [-0.39, 0.29) is 13.2 Å². The summed E-state index contributed by atoms with van der Waals surface area (Å²) in [5.41, 5.74) is 10.3. The van der Waals surface area contributed by atoms with E-state index in [1.54, 1.807) is 30.3 Å². The van der Waals surface area contributed by atoms with Crippen molar-refractivity contribution >= 4 is 5.97 Å². The first-order valence-corrected chi connectivity index (χ1v) is 9.42. The molecule has 0 radical (unpaired) electrons. The molecule has 0 aliphatic carbocycles. The topological polar surface area (TPSA) is 123 Å². The van der Waals surface area contributed by atoms with Crippen LogP contribution in [0.15, 0.2) is 65.8 Å². The fourth-order valence-electron chi connectivity index (χ4n) is 3.19. The quantitative estimate of drug-likeness (QED) is 0.307. The standard InChI is InChI=1S/C21H23N3O6/c1-27-21-19(28-12-14-8-4-2-5-9-14)17(23-24-22)18(25)16(30-21)13-29-20(26)15-10-6-3-7-11-15/h2-11,16-19,21,25H,12-13H2,1H3/t16?,17-,18+,19?,21+/m0/s1. The maximum Gasteiger partial charge on any atom is 0.338 e. The van der Waals surface area contributed by atoms with Crippen LogP contribution in [0, 0.1) is 0 Å². The van der Waals surface area contributed by atoms with Gasteiger partial charge in [0.15, 0.2) is 6.29 Å². The van der Waals surface area contributed by atoms with Gasteiger partial charge in [0.05, 0.1) is 24.3 Å². The van der Waals surface area contributed by atoms with Gasteiger partial charge < -0.3 is 24.1 Å². The summed E-state index contributed by atoms with van der Waals surface area (Å²) < 4.78 is 22.2. The minimum Gasteiger partial charge on any atom is -0.459 e. The highest BCUT2D eigenvalue weighted by Crippen LogP contribution is 2.28. The lowest BCUT2D eigenvalue weighted by Gasteiger charge is -2.42. The van der Waals surface area contributed by atoms with Gasteiger partial charge in [0.1, 0.15) is 18.8 Å². The number of ether oxygens (including phenoxy) is 4. The lowest BCUT2D eigenvalue weighted by Crippen LogP contribution is -2.59. The van der Waals surface area contributed by atoms with Crippen LogP contribution in [0.4, 0.5) is 0 Å². The molecule has 1 saturated heterocycles. The summed E-state index contributed by atoms with van der Waals surface area (Å²) in [4.78, 5) is 15.0. The third-order valence-electron chi connectivity index (χ3n) is 4.74.